The molecule has 0 aliphatic heterocycles. The van der Waals surface area contributed by atoms with Crippen LogP contribution in [0.2, 0.25) is 0 Å². The Morgan fingerprint density at radius 3 is 2.78 bits per heavy atom. The van der Waals surface area contributed by atoms with Gasteiger partial charge < -0.3 is 16.2 Å². The molecule has 0 bridgehead atoms. The zero-order valence-electron chi connectivity index (χ0n) is 10.3. The summed E-state index contributed by atoms with van der Waals surface area (Å²) in [5.41, 5.74) is 5.48. The number of amides is 1. The number of hydrogen-bond donors (Lipinski definition) is 3. The van der Waals surface area contributed by atoms with Crippen LogP contribution < -0.4 is 11.1 Å². The van der Waals surface area contributed by atoms with Gasteiger partial charge in [-0.25, -0.2) is 4.98 Å². The lowest BCUT2D eigenvalue weighted by Crippen LogP contribution is -2.47. The Bertz CT molecular complexity index is 400. The van der Waals surface area contributed by atoms with E-state index in [0.29, 0.717) is 18.7 Å². The van der Waals surface area contributed by atoms with Crippen LogP contribution in [0.4, 0.5) is 5.82 Å². The van der Waals surface area contributed by atoms with Gasteiger partial charge >= 0.3 is 0 Å². The van der Waals surface area contributed by atoms with Crippen molar-refractivity contribution < 1.29 is 9.90 Å². The molecule has 1 amide bonds. The smallest absolute Gasteiger partial charge is 0.228 e. The largest absolute Gasteiger partial charge is 0.394 e. The van der Waals surface area contributed by atoms with Crippen molar-refractivity contribution in [2.45, 2.75) is 31.2 Å². The first-order valence-electron chi connectivity index (χ1n) is 6.25. The van der Waals surface area contributed by atoms with Crippen LogP contribution in [-0.2, 0) is 4.79 Å². The van der Waals surface area contributed by atoms with Crippen LogP contribution in [0.15, 0.2) is 24.4 Å². The Balaban J connectivity index is 1.88. The lowest BCUT2D eigenvalue weighted by molar-refractivity contribution is -0.121. The van der Waals surface area contributed by atoms with Crippen LogP contribution in [0, 0.1) is 5.92 Å². The maximum absolute atomic E-state index is 12.0. The van der Waals surface area contributed by atoms with Crippen LogP contribution in [0.1, 0.15) is 25.7 Å². The molecular weight excluding hydrogens is 230 g/mol. The van der Waals surface area contributed by atoms with Crippen LogP contribution in [0.3, 0.4) is 0 Å². The van der Waals surface area contributed by atoms with E-state index in [4.69, 9.17) is 5.73 Å². The summed E-state index contributed by atoms with van der Waals surface area (Å²) >= 11 is 0. The fourth-order valence-corrected chi connectivity index (χ4v) is 2.28. The summed E-state index contributed by atoms with van der Waals surface area (Å²) in [6.45, 7) is -0.0123. The second-order valence-electron chi connectivity index (χ2n) is 5.00. The molecular formula is C13H19N3O2. The van der Waals surface area contributed by atoms with Crippen molar-refractivity contribution in [3.8, 4) is 0 Å². The van der Waals surface area contributed by atoms with E-state index in [1.54, 1.807) is 18.3 Å². The van der Waals surface area contributed by atoms with Gasteiger partial charge in [0.25, 0.3) is 0 Å². The van der Waals surface area contributed by atoms with E-state index in [1.807, 2.05) is 6.07 Å². The first kappa shape index (κ1) is 13.0. The Kier molecular flexibility index (Phi) is 3.93. The quantitative estimate of drug-likeness (QED) is 0.742. The SMILES string of the molecule is NC1(CO)CCC(C(=O)Nc2ccccn2)CC1. The van der Waals surface area contributed by atoms with E-state index in [1.165, 1.54) is 0 Å². The van der Waals surface area contributed by atoms with Gasteiger partial charge in [-0.05, 0) is 37.8 Å². The first-order valence-corrected chi connectivity index (χ1v) is 6.25. The van der Waals surface area contributed by atoms with Gasteiger partial charge in [0.1, 0.15) is 5.82 Å². The van der Waals surface area contributed by atoms with Crippen molar-refractivity contribution in [3.05, 3.63) is 24.4 Å². The van der Waals surface area contributed by atoms with E-state index >= 15 is 0 Å². The van der Waals surface area contributed by atoms with Crippen LogP contribution in [0.25, 0.3) is 0 Å². The fraction of sp³-hybridized carbons (Fsp3) is 0.538. The first-order chi connectivity index (χ1) is 8.63. The Morgan fingerprint density at radius 2 is 2.22 bits per heavy atom. The summed E-state index contributed by atoms with van der Waals surface area (Å²) in [6, 6.07) is 5.40. The summed E-state index contributed by atoms with van der Waals surface area (Å²) in [5.74, 6) is 0.540. The highest BCUT2D eigenvalue weighted by atomic mass is 16.3. The van der Waals surface area contributed by atoms with E-state index in [9.17, 15) is 9.90 Å². The number of aromatic nitrogens is 1. The normalized spacial score (nSPS) is 27.8. The maximum Gasteiger partial charge on any atom is 0.228 e. The number of anilines is 1. The second kappa shape index (κ2) is 5.46. The van der Waals surface area contributed by atoms with Gasteiger partial charge in [-0.1, -0.05) is 6.07 Å². The molecule has 0 unspecified atom stereocenters. The third kappa shape index (κ3) is 3.05. The molecule has 2 rings (SSSR count). The van der Waals surface area contributed by atoms with Gasteiger partial charge in [0.15, 0.2) is 0 Å². The Hall–Kier alpha value is -1.46. The van der Waals surface area contributed by atoms with E-state index < -0.39 is 5.54 Å². The number of hydrogen-bond acceptors (Lipinski definition) is 4. The minimum absolute atomic E-state index is 0.00584. The number of nitrogens with zero attached hydrogens (tertiary/aromatic N) is 1. The lowest BCUT2D eigenvalue weighted by atomic mass is 9.77. The minimum Gasteiger partial charge on any atom is -0.394 e. The summed E-state index contributed by atoms with van der Waals surface area (Å²) in [6.07, 6.45) is 4.45. The summed E-state index contributed by atoms with van der Waals surface area (Å²) in [7, 11) is 0. The molecule has 5 heteroatoms. The molecule has 1 fully saturated rings. The molecule has 1 heterocycles. The molecule has 0 spiro atoms. The average molecular weight is 249 g/mol. The summed E-state index contributed by atoms with van der Waals surface area (Å²) in [4.78, 5) is 16.1. The molecule has 4 N–H and O–H groups in total. The van der Waals surface area contributed by atoms with Crippen molar-refractivity contribution in [2.24, 2.45) is 11.7 Å². The van der Waals surface area contributed by atoms with Gasteiger partial charge in [-0.15, -0.1) is 0 Å². The predicted octanol–water partition coefficient (Wildman–Crippen LogP) is 0.900. The average Bonchev–Trinajstić information content (AvgIpc) is 2.40. The number of aliphatic hydroxyl groups is 1. The van der Waals surface area contributed by atoms with Crippen molar-refractivity contribution in [2.75, 3.05) is 11.9 Å². The topological polar surface area (TPSA) is 88.2 Å². The van der Waals surface area contributed by atoms with Gasteiger partial charge in [0, 0.05) is 17.7 Å². The van der Waals surface area contributed by atoms with Crippen LogP contribution in [-0.4, -0.2) is 28.1 Å². The minimum atomic E-state index is -0.498. The molecule has 0 atom stereocenters. The van der Waals surface area contributed by atoms with Crippen molar-refractivity contribution >= 4 is 11.7 Å². The molecule has 0 radical (unpaired) electrons. The third-order valence-corrected chi connectivity index (χ3v) is 3.58. The van der Waals surface area contributed by atoms with E-state index in [0.717, 1.165) is 12.8 Å². The highest BCUT2D eigenvalue weighted by molar-refractivity contribution is 5.91. The fourth-order valence-electron chi connectivity index (χ4n) is 2.28. The Labute approximate surface area is 106 Å². The standard InChI is InChI=1S/C13H19N3O2/c14-13(9-17)6-4-10(5-7-13)12(18)16-11-3-1-2-8-15-11/h1-3,8,10,17H,4-7,9,14H2,(H,15,16,18). The van der Waals surface area contributed by atoms with E-state index in [2.05, 4.69) is 10.3 Å². The highest BCUT2D eigenvalue weighted by Gasteiger charge is 2.33. The zero-order valence-corrected chi connectivity index (χ0v) is 10.3. The predicted molar refractivity (Wildman–Crippen MR) is 68.8 cm³/mol. The number of rotatable bonds is 3. The number of carbonyl (C=O) groups excluding carboxylic acids is 1. The number of nitrogens with two attached hydrogens (primary N) is 1. The Morgan fingerprint density at radius 1 is 1.50 bits per heavy atom. The van der Waals surface area contributed by atoms with Crippen molar-refractivity contribution in [1.82, 2.24) is 4.98 Å². The second-order valence-corrected chi connectivity index (χ2v) is 5.00. The molecule has 5 nitrogen and oxygen atoms in total. The zero-order chi connectivity index (χ0) is 13.0. The molecule has 1 aliphatic carbocycles. The molecule has 0 aromatic carbocycles. The molecule has 1 saturated carbocycles. The van der Waals surface area contributed by atoms with Gasteiger partial charge in [0.2, 0.25) is 5.91 Å². The van der Waals surface area contributed by atoms with Crippen LogP contribution >= 0.6 is 0 Å². The maximum atomic E-state index is 12.0. The van der Waals surface area contributed by atoms with Gasteiger partial charge in [0.05, 0.1) is 6.61 Å². The molecule has 18 heavy (non-hydrogen) atoms. The van der Waals surface area contributed by atoms with Gasteiger partial charge in [-0.3, -0.25) is 4.79 Å². The lowest BCUT2D eigenvalue weighted by Gasteiger charge is -2.34. The van der Waals surface area contributed by atoms with Gasteiger partial charge in [-0.2, -0.15) is 0 Å². The monoisotopic (exact) mass is 249 g/mol. The van der Waals surface area contributed by atoms with Crippen molar-refractivity contribution in [3.63, 3.8) is 0 Å². The molecule has 1 aromatic rings. The number of aliphatic hydroxyl groups excluding tert-OH is 1. The van der Waals surface area contributed by atoms with E-state index in [-0.39, 0.29) is 18.4 Å². The molecule has 0 saturated heterocycles. The summed E-state index contributed by atoms with van der Waals surface area (Å²) in [5, 5.41) is 12.0. The number of nitrogens with one attached hydrogen (secondary N) is 1. The van der Waals surface area contributed by atoms with Crippen molar-refractivity contribution in [1.29, 1.82) is 0 Å². The number of carbonyl (C=O) groups is 1. The molecule has 1 aliphatic rings. The summed E-state index contributed by atoms with van der Waals surface area (Å²) < 4.78 is 0. The molecule has 1 aromatic heterocycles. The van der Waals surface area contributed by atoms with Crippen LogP contribution in [0.5, 0.6) is 0 Å². The molecule has 98 valence electrons. The highest BCUT2D eigenvalue weighted by Crippen LogP contribution is 2.30. The third-order valence-electron chi connectivity index (χ3n) is 3.58. The number of pyridine rings is 1.